The minimum Gasteiger partial charge on any atom is -0.308 e. The lowest BCUT2D eigenvalue weighted by molar-refractivity contribution is 0.474. The lowest BCUT2D eigenvalue weighted by Gasteiger charge is -2.16. The summed E-state index contributed by atoms with van der Waals surface area (Å²) < 4.78 is 1.89. The van der Waals surface area contributed by atoms with Crippen molar-refractivity contribution in [2.24, 2.45) is 0 Å². The molecule has 2 heterocycles. The van der Waals surface area contributed by atoms with Crippen LogP contribution in [-0.4, -0.2) is 26.8 Å². The molecule has 0 spiro atoms. The van der Waals surface area contributed by atoms with Gasteiger partial charge < -0.3 is 5.32 Å². The van der Waals surface area contributed by atoms with Crippen LogP contribution in [0.25, 0.3) is 0 Å². The van der Waals surface area contributed by atoms with E-state index in [0.717, 1.165) is 12.4 Å². The SMILES string of the molecule is CCNC(C)c1nnnn1C(C)c1cccs1. The summed E-state index contributed by atoms with van der Waals surface area (Å²) >= 11 is 1.73. The Bertz CT molecular complexity index is 450. The van der Waals surface area contributed by atoms with Gasteiger partial charge >= 0.3 is 0 Å². The second-order valence-electron chi connectivity index (χ2n) is 3.95. The summed E-state index contributed by atoms with van der Waals surface area (Å²) in [6.45, 7) is 7.17. The van der Waals surface area contributed by atoms with E-state index in [9.17, 15) is 0 Å². The molecule has 0 radical (unpaired) electrons. The van der Waals surface area contributed by atoms with Crippen molar-refractivity contribution in [2.45, 2.75) is 32.9 Å². The van der Waals surface area contributed by atoms with Crippen LogP contribution in [0.1, 0.15) is 43.6 Å². The van der Waals surface area contributed by atoms with Crippen LogP contribution in [0.15, 0.2) is 17.5 Å². The zero-order chi connectivity index (χ0) is 12.3. The minimum atomic E-state index is 0.164. The molecule has 1 N–H and O–H groups in total. The van der Waals surface area contributed by atoms with Crippen LogP contribution in [0.4, 0.5) is 0 Å². The molecule has 0 saturated carbocycles. The van der Waals surface area contributed by atoms with Crippen LogP contribution < -0.4 is 5.32 Å². The largest absolute Gasteiger partial charge is 0.308 e. The highest BCUT2D eigenvalue weighted by Crippen LogP contribution is 2.23. The summed E-state index contributed by atoms with van der Waals surface area (Å²) in [5.41, 5.74) is 0. The van der Waals surface area contributed by atoms with E-state index in [-0.39, 0.29) is 12.1 Å². The minimum absolute atomic E-state index is 0.164. The monoisotopic (exact) mass is 251 g/mol. The van der Waals surface area contributed by atoms with E-state index in [1.807, 2.05) is 10.7 Å². The maximum absolute atomic E-state index is 4.11. The molecule has 0 amide bonds. The predicted molar refractivity (Wildman–Crippen MR) is 68.0 cm³/mol. The Balaban J connectivity index is 2.24. The summed E-state index contributed by atoms with van der Waals surface area (Å²) in [5, 5.41) is 17.4. The molecule has 0 aliphatic heterocycles. The molecule has 0 aliphatic carbocycles. The lowest BCUT2D eigenvalue weighted by Crippen LogP contribution is -2.23. The molecule has 92 valence electrons. The van der Waals surface area contributed by atoms with E-state index in [4.69, 9.17) is 0 Å². The fraction of sp³-hybridized carbons (Fsp3) is 0.545. The van der Waals surface area contributed by atoms with Crippen molar-refractivity contribution < 1.29 is 0 Å². The van der Waals surface area contributed by atoms with Gasteiger partial charge in [-0.1, -0.05) is 13.0 Å². The van der Waals surface area contributed by atoms with E-state index in [2.05, 4.69) is 53.1 Å². The Labute approximate surface area is 105 Å². The third-order valence-electron chi connectivity index (χ3n) is 2.74. The molecule has 2 rings (SSSR count). The first-order chi connectivity index (χ1) is 8.24. The van der Waals surface area contributed by atoms with E-state index >= 15 is 0 Å². The van der Waals surface area contributed by atoms with Gasteiger partial charge in [-0.25, -0.2) is 4.68 Å². The number of aromatic nitrogens is 4. The van der Waals surface area contributed by atoms with Crippen molar-refractivity contribution >= 4 is 11.3 Å². The zero-order valence-corrected chi connectivity index (χ0v) is 11.1. The number of rotatable bonds is 5. The predicted octanol–water partition coefficient (Wildman–Crippen LogP) is 2.01. The molecule has 0 aliphatic rings. The van der Waals surface area contributed by atoms with Crippen LogP contribution in [0, 0.1) is 0 Å². The molecule has 6 heteroatoms. The number of thiophene rings is 1. The maximum Gasteiger partial charge on any atom is 0.168 e. The summed E-state index contributed by atoms with van der Waals surface area (Å²) in [7, 11) is 0. The van der Waals surface area contributed by atoms with Gasteiger partial charge in [0.05, 0.1) is 12.1 Å². The Morgan fingerprint density at radius 2 is 2.29 bits per heavy atom. The first-order valence-electron chi connectivity index (χ1n) is 5.78. The molecular weight excluding hydrogens is 234 g/mol. The summed E-state index contributed by atoms with van der Waals surface area (Å²) in [5.74, 6) is 0.882. The van der Waals surface area contributed by atoms with Crippen LogP contribution in [0.3, 0.4) is 0 Å². The molecule has 0 saturated heterocycles. The number of hydrogen-bond acceptors (Lipinski definition) is 5. The summed E-state index contributed by atoms with van der Waals surface area (Å²) in [6.07, 6.45) is 0. The van der Waals surface area contributed by atoms with Crippen LogP contribution >= 0.6 is 11.3 Å². The number of nitrogens with zero attached hydrogens (tertiary/aromatic N) is 4. The van der Waals surface area contributed by atoms with E-state index in [0.29, 0.717) is 0 Å². The quantitative estimate of drug-likeness (QED) is 0.883. The molecule has 2 aromatic heterocycles. The number of tetrazole rings is 1. The normalized spacial score (nSPS) is 14.8. The Morgan fingerprint density at radius 1 is 1.47 bits per heavy atom. The molecule has 5 nitrogen and oxygen atoms in total. The third kappa shape index (κ3) is 2.53. The Kier molecular flexibility index (Phi) is 3.86. The first kappa shape index (κ1) is 12.2. The van der Waals surface area contributed by atoms with Gasteiger partial charge in [-0.15, -0.1) is 16.4 Å². The molecule has 0 aromatic carbocycles. The van der Waals surface area contributed by atoms with Crippen molar-refractivity contribution in [1.29, 1.82) is 0 Å². The summed E-state index contributed by atoms with van der Waals surface area (Å²) in [6, 6.07) is 4.51. The van der Waals surface area contributed by atoms with Gasteiger partial charge in [-0.2, -0.15) is 0 Å². The highest BCUT2D eigenvalue weighted by molar-refractivity contribution is 7.10. The van der Waals surface area contributed by atoms with Crippen molar-refractivity contribution in [3.05, 3.63) is 28.2 Å². The molecule has 17 heavy (non-hydrogen) atoms. The second-order valence-corrected chi connectivity index (χ2v) is 4.93. The van der Waals surface area contributed by atoms with Gasteiger partial charge in [0.1, 0.15) is 0 Å². The Morgan fingerprint density at radius 3 is 2.94 bits per heavy atom. The van der Waals surface area contributed by atoms with Gasteiger partial charge in [0, 0.05) is 4.88 Å². The average Bonchev–Trinajstić information content (AvgIpc) is 3.00. The van der Waals surface area contributed by atoms with E-state index < -0.39 is 0 Å². The van der Waals surface area contributed by atoms with Crippen LogP contribution in [0.5, 0.6) is 0 Å². The smallest absolute Gasteiger partial charge is 0.168 e. The fourth-order valence-corrected chi connectivity index (χ4v) is 2.58. The fourth-order valence-electron chi connectivity index (χ4n) is 1.81. The van der Waals surface area contributed by atoms with Crippen molar-refractivity contribution in [3.8, 4) is 0 Å². The van der Waals surface area contributed by atoms with Crippen LogP contribution in [-0.2, 0) is 0 Å². The molecule has 2 atom stereocenters. The molecular formula is C11H17N5S. The van der Waals surface area contributed by atoms with Gasteiger partial charge in [0.25, 0.3) is 0 Å². The molecule has 0 fully saturated rings. The van der Waals surface area contributed by atoms with Crippen LogP contribution in [0.2, 0.25) is 0 Å². The topological polar surface area (TPSA) is 55.6 Å². The summed E-state index contributed by atoms with van der Waals surface area (Å²) in [4.78, 5) is 1.27. The number of hydrogen-bond donors (Lipinski definition) is 1. The Hall–Kier alpha value is -1.27. The third-order valence-corrected chi connectivity index (χ3v) is 3.78. The van der Waals surface area contributed by atoms with Gasteiger partial charge in [-0.05, 0) is 42.3 Å². The van der Waals surface area contributed by atoms with Crippen molar-refractivity contribution in [3.63, 3.8) is 0 Å². The highest BCUT2D eigenvalue weighted by Gasteiger charge is 2.19. The van der Waals surface area contributed by atoms with E-state index in [1.54, 1.807) is 11.3 Å². The van der Waals surface area contributed by atoms with Gasteiger partial charge in [0.15, 0.2) is 5.82 Å². The molecule has 2 aromatic rings. The molecule has 2 unspecified atom stereocenters. The first-order valence-corrected chi connectivity index (χ1v) is 6.66. The van der Waals surface area contributed by atoms with Gasteiger partial charge in [0.2, 0.25) is 0 Å². The standard InChI is InChI=1S/C11H17N5S/c1-4-12-8(2)11-13-14-15-16(11)9(3)10-6-5-7-17-10/h5-9,12H,4H2,1-3H3. The lowest BCUT2D eigenvalue weighted by atomic mass is 10.2. The second kappa shape index (κ2) is 5.37. The van der Waals surface area contributed by atoms with Crippen molar-refractivity contribution in [2.75, 3.05) is 6.54 Å². The highest BCUT2D eigenvalue weighted by atomic mass is 32.1. The van der Waals surface area contributed by atoms with Gasteiger partial charge in [-0.3, -0.25) is 0 Å². The number of nitrogens with one attached hydrogen (secondary N) is 1. The zero-order valence-electron chi connectivity index (χ0n) is 10.3. The maximum atomic E-state index is 4.11. The van der Waals surface area contributed by atoms with Crippen molar-refractivity contribution in [1.82, 2.24) is 25.5 Å². The van der Waals surface area contributed by atoms with E-state index in [1.165, 1.54) is 4.88 Å². The molecule has 0 bridgehead atoms. The average molecular weight is 251 g/mol.